The van der Waals surface area contributed by atoms with Gasteiger partial charge in [0.15, 0.2) is 0 Å². The molecule has 0 unspecified atom stereocenters. The maximum atomic E-state index is 13.8. The fourth-order valence-corrected chi connectivity index (χ4v) is 4.47. The van der Waals surface area contributed by atoms with Gasteiger partial charge in [-0.15, -0.1) is 0 Å². The number of aromatic nitrogens is 1. The molecule has 5 N–H and O–H groups in total. The highest BCUT2D eigenvalue weighted by atomic mass is 19.4. The second-order valence-corrected chi connectivity index (χ2v) is 10.1. The molecule has 0 spiro atoms. The summed E-state index contributed by atoms with van der Waals surface area (Å²) in [5, 5.41) is 9.70. The maximum absolute atomic E-state index is 13.8. The molecule has 188 valence electrons. The highest BCUT2D eigenvalue weighted by Gasteiger charge is 2.40. The van der Waals surface area contributed by atoms with Gasteiger partial charge in [-0.2, -0.15) is 13.2 Å². The zero-order valence-corrected chi connectivity index (χ0v) is 20.3. The number of nitrogens with two attached hydrogens (primary N) is 2. The third kappa shape index (κ3) is 6.24. The molecule has 0 aliphatic rings. The van der Waals surface area contributed by atoms with Crippen molar-refractivity contribution in [1.29, 1.82) is 0 Å². The van der Waals surface area contributed by atoms with Crippen LogP contribution in [0.4, 0.5) is 29.5 Å². The first kappa shape index (κ1) is 27.1. The van der Waals surface area contributed by atoms with Gasteiger partial charge in [0.25, 0.3) is 0 Å². The highest BCUT2D eigenvalue weighted by Crippen LogP contribution is 2.40. The molecule has 1 heterocycles. The molecule has 7 nitrogen and oxygen atoms in total. The molecule has 1 aromatic carbocycles. The van der Waals surface area contributed by atoms with Crippen LogP contribution in [0.25, 0.3) is 11.1 Å². The van der Waals surface area contributed by atoms with Gasteiger partial charge in [-0.25, -0.2) is 9.78 Å². The van der Waals surface area contributed by atoms with Gasteiger partial charge in [-0.1, -0.05) is 13.0 Å². The Balaban J connectivity index is 2.27. The van der Waals surface area contributed by atoms with Gasteiger partial charge < -0.3 is 21.3 Å². The predicted octanol–water partition coefficient (Wildman–Crippen LogP) is 5.89. The van der Waals surface area contributed by atoms with E-state index in [0.717, 1.165) is 6.07 Å². The summed E-state index contributed by atoms with van der Waals surface area (Å²) in [5.41, 5.74) is 9.92. The Morgan fingerprint density at radius 1 is 1.15 bits per heavy atom. The molecule has 1 atom stereocenters. The predicted molar refractivity (Wildman–Crippen MR) is 126 cm³/mol. The number of hydrogen-bond donors (Lipinski definition) is 3. The maximum Gasteiger partial charge on any atom is 0.419 e. The van der Waals surface area contributed by atoms with Crippen molar-refractivity contribution in [2.24, 2.45) is 5.92 Å². The number of hydrogen-bond acceptors (Lipinski definition) is 5. The average Bonchev–Trinajstić information content (AvgIpc) is 2.65. The first-order valence-corrected chi connectivity index (χ1v) is 10.8. The second-order valence-electron chi connectivity index (χ2n) is 10.1. The summed E-state index contributed by atoms with van der Waals surface area (Å²) in [7, 11) is 0. The fraction of sp³-hybridized carbons (Fsp3) is 0.500. The molecule has 34 heavy (non-hydrogen) atoms. The molecule has 10 heteroatoms. The van der Waals surface area contributed by atoms with Crippen molar-refractivity contribution in [3.05, 3.63) is 36.0 Å². The number of nitrogen functional groups attached to an aromatic ring is 2. The van der Waals surface area contributed by atoms with E-state index in [1.54, 1.807) is 34.6 Å². The van der Waals surface area contributed by atoms with Crippen LogP contribution in [0.5, 0.6) is 5.75 Å². The number of carbonyl (C=O) groups is 1. The molecular weight excluding hydrogens is 449 g/mol. The first-order chi connectivity index (χ1) is 15.4. The van der Waals surface area contributed by atoms with Crippen molar-refractivity contribution in [3.63, 3.8) is 0 Å². The molecule has 1 aromatic heterocycles. The van der Waals surface area contributed by atoms with Crippen LogP contribution in [-0.4, -0.2) is 38.8 Å². The lowest BCUT2D eigenvalue weighted by Gasteiger charge is -2.46. The lowest BCUT2D eigenvalue weighted by atomic mass is 9.87. The number of pyridine rings is 1. The van der Waals surface area contributed by atoms with Crippen LogP contribution in [0, 0.1) is 5.92 Å². The Morgan fingerprint density at radius 3 is 2.29 bits per heavy atom. The van der Waals surface area contributed by atoms with Crippen LogP contribution < -0.4 is 16.2 Å². The van der Waals surface area contributed by atoms with Crippen molar-refractivity contribution in [2.45, 2.75) is 65.2 Å². The molecule has 0 saturated heterocycles. The molecule has 2 aromatic rings. The van der Waals surface area contributed by atoms with Crippen molar-refractivity contribution in [1.82, 2.24) is 9.88 Å². The molecule has 1 amide bonds. The second kappa shape index (κ2) is 9.60. The number of halogens is 3. The van der Waals surface area contributed by atoms with Crippen molar-refractivity contribution < 1.29 is 27.8 Å². The largest absolute Gasteiger partial charge is 0.493 e. The molecule has 0 radical (unpaired) electrons. The summed E-state index contributed by atoms with van der Waals surface area (Å²) in [6.07, 6.45) is -3.95. The Kier molecular flexibility index (Phi) is 7.64. The zero-order valence-electron chi connectivity index (χ0n) is 20.3. The fourth-order valence-electron chi connectivity index (χ4n) is 4.47. The Morgan fingerprint density at radius 2 is 1.76 bits per heavy atom. The third-order valence-electron chi connectivity index (χ3n) is 5.46. The van der Waals surface area contributed by atoms with E-state index < -0.39 is 28.9 Å². The van der Waals surface area contributed by atoms with E-state index in [2.05, 4.69) is 4.98 Å². The molecular formula is C24H33F3N4O3. The van der Waals surface area contributed by atoms with Gasteiger partial charge in [-0.3, -0.25) is 4.90 Å². The monoisotopic (exact) mass is 482 g/mol. The standard InChI is InChI=1S/C24H33F3N4O3/c1-14(12-23(5,6)31(21(32)33)22(2,3)4)13-34-18-8-7-15(11-17(18)24(25,26)27)16-9-10-30-20(29)19(16)28/h7-11,14H,12-13,28H2,1-6H3,(H2,29,30)(H,32,33)/t14-/m0/s1. The van der Waals surface area contributed by atoms with Crippen LogP contribution in [0.1, 0.15) is 53.5 Å². The minimum atomic E-state index is -4.66. The van der Waals surface area contributed by atoms with Crippen LogP contribution in [0.2, 0.25) is 0 Å². The van der Waals surface area contributed by atoms with Crippen molar-refractivity contribution in [3.8, 4) is 16.9 Å². The smallest absolute Gasteiger partial charge is 0.419 e. The Labute approximate surface area is 197 Å². The average molecular weight is 483 g/mol. The summed E-state index contributed by atoms with van der Waals surface area (Å²) in [4.78, 5) is 17.0. The van der Waals surface area contributed by atoms with Gasteiger partial charge in [0, 0.05) is 22.8 Å². The lowest BCUT2D eigenvalue weighted by Crippen LogP contribution is -2.57. The van der Waals surface area contributed by atoms with E-state index in [1.165, 1.54) is 29.3 Å². The van der Waals surface area contributed by atoms with Gasteiger partial charge in [0.1, 0.15) is 11.6 Å². The highest BCUT2D eigenvalue weighted by molar-refractivity contribution is 5.82. The molecule has 0 bridgehead atoms. The number of alkyl halides is 3. The van der Waals surface area contributed by atoms with E-state index in [0.29, 0.717) is 12.0 Å². The summed E-state index contributed by atoms with van der Waals surface area (Å²) < 4.78 is 47.1. The van der Waals surface area contributed by atoms with E-state index in [4.69, 9.17) is 16.2 Å². The zero-order chi connectivity index (χ0) is 26.1. The Bertz CT molecular complexity index is 1030. The first-order valence-electron chi connectivity index (χ1n) is 10.8. The number of ether oxygens (including phenoxy) is 1. The quantitative estimate of drug-likeness (QED) is 0.453. The third-order valence-corrected chi connectivity index (χ3v) is 5.46. The number of benzene rings is 1. The van der Waals surface area contributed by atoms with Gasteiger partial charge in [0.05, 0.1) is 17.9 Å². The molecule has 0 saturated carbocycles. The molecule has 0 fully saturated rings. The number of rotatable bonds is 7. The van der Waals surface area contributed by atoms with Gasteiger partial charge in [-0.05, 0) is 70.7 Å². The Hall–Kier alpha value is -3.17. The molecule has 0 aliphatic carbocycles. The van der Waals surface area contributed by atoms with Crippen LogP contribution in [-0.2, 0) is 6.18 Å². The lowest BCUT2D eigenvalue weighted by molar-refractivity contribution is -0.139. The normalized spacial score (nSPS) is 13.4. The molecule has 2 rings (SSSR count). The van der Waals surface area contributed by atoms with Crippen LogP contribution in [0.3, 0.4) is 0 Å². The topological polar surface area (TPSA) is 115 Å². The van der Waals surface area contributed by atoms with Gasteiger partial charge >= 0.3 is 12.3 Å². The summed E-state index contributed by atoms with van der Waals surface area (Å²) >= 11 is 0. The summed E-state index contributed by atoms with van der Waals surface area (Å²) in [5.74, 6) is -0.503. The van der Waals surface area contributed by atoms with E-state index in [-0.39, 0.29) is 35.3 Å². The number of carboxylic acid groups (broad SMARTS) is 1. The number of amides is 1. The van der Waals surface area contributed by atoms with Crippen molar-refractivity contribution >= 4 is 17.6 Å². The summed E-state index contributed by atoms with van der Waals surface area (Å²) in [6, 6.07) is 5.21. The van der Waals surface area contributed by atoms with Crippen LogP contribution in [0.15, 0.2) is 30.5 Å². The minimum Gasteiger partial charge on any atom is -0.493 e. The number of nitrogens with zero attached hydrogens (tertiary/aromatic N) is 2. The summed E-state index contributed by atoms with van der Waals surface area (Å²) in [6.45, 7) is 10.8. The molecule has 0 aliphatic heterocycles. The van der Waals surface area contributed by atoms with Gasteiger partial charge in [0.2, 0.25) is 0 Å². The van der Waals surface area contributed by atoms with Crippen molar-refractivity contribution in [2.75, 3.05) is 18.1 Å². The SMILES string of the molecule is C[C@H](COc1ccc(-c2ccnc(N)c2N)cc1C(F)(F)F)CC(C)(C)N(C(=O)O)C(C)(C)C. The van der Waals surface area contributed by atoms with E-state index in [9.17, 15) is 23.1 Å². The minimum absolute atomic E-state index is 0.0200. The van der Waals surface area contributed by atoms with E-state index in [1.807, 2.05) is 6.92 Å². The van der Waals surface area contributed by atoms with E-state index >= 15 is 0 Å². The van der Waals surface area contributed by atoms with Crippen LogP contribution >= 0.6 is 0 Å². The number of anilines is 2.